The fourth-order valence-electron chi connectivity index (χ4n) is 0.916. The van der Waals surface area contributed by atoms with E-state index in [-0.39, 0.29) is 5.91 Å². The first-order valence-electron chi connectivity index (χ1n) is 3.58. The molecule has 12 heavy (non-hydrogen) atoms. The first-order chi connectivity index (χ1) is 5.65. The Morgan fingerprint density at radius 1 is 1.58 bits per heavy atom. The zero-order chi connectivity index (χ0) is 9.14. The second kappa shape index (κ2) is 3.70. The van der Waals surface area contributed by atoms with Crippen molar-refractivity contribution < 1.29 is 10.1 Å². The van der Waals surface area contributed by atoms with E-state index in [1.807, 2.05) is 6.92 Å². The Kier molecular flexibility index (Phi) is 2.84. The van der Waals surface area contributed by atoms with Crippen molar-refractivity contribution in [3.63, 3.8) is 0 Å². The number of aryl methyl sites for hydroxylation is 1. The molecular formula is C9H10ClNO. The van der Waals surface area contributed by atoms with Crippen molar-refractivity contribution in [1.82, 2.24) is 0 Å². The third-order valence-corrected chi connectivity index (χ3v) is 2.05. The molecule has 0 aliphatic heterocycles. The van der Waals surface area contributed by atoms with E-state index in [1.54, 1.807) is 18.2 Å². The molecule has 0 saturated heterocycles. The largest absolute Gasteiger partial charge is 0.411 e. The molecule has 0 aliphatic carbocycles. The number of hydrogen-bond donors (Lipinski definition) is 1. The summed E-state index contributed by atoms with van der Waals surface area (Å²) in [5.74, 6) is -0.0743. The Labute approximate surface area is 76.5 Å². The molecule has 0 radical (unpaired) electrons. The number of rotatable bonds is 1. The fourth-order valence-corrected chi connectivity index (χ4v) is 1.03. The quantitative estimate of drug-likeness (QED) is 0.651. The smallest absolute Gasteiger partial charge is 0.316 e. The SMILES string of the molecule is [CH2-][NH2+]C(=O)c1ccc(Cl)c(C)c1. The summed E-state index contributed by atoms with van der Waals surface area (Å²) in [6.07, 6.45) is 0. The lowest BCUT2D eigenvalue weighted by atomic mass is 10.1. The number of nitrogens with two attached hydrogens (primary N) is 1. The standard InChI is InChI=1S/C9H10ClNO/c1-6-5-7(9(12)11-2)3-4-8(6)10/h3-5H,2,11H2,1H3. The molecule has 0 heterocycles. The second-order valence-electron chi connectivity index (χ2n) is 2.53. The number of halogens is 1. The highest BCUT2D eigenvalue weighted by Crippen LogP contribution is 2.15. The third-order valence-electron chi connectivity index (χ3n) is 1.63. The zero-order valence-electron chi connectivity index (χ0n) is 6.80. The van der Waals surface area contributed by atoms with Gasteiger partial charge in [-0.1, -0.05) is 11.6 Å². The van der Waals surface area contributed by atoms with E-state index in [9.17, 15) is 4.79 Å². The van der Waals surface area contributed by atoms with Crippen molar-refractivity contribution in [2.24, 2.45) is 0 Å². The Bertz CT molecular complexity index is 309. The van der Waals surface area contributed by atoms with E-state index in [0.717, 1.165) is 5.56 Å². The van der Waals surface area contributed by atoms with Gasteiger partial charge >= 0.3 is 5.91 Å². The normalized spacial score (nSPS) is 9.92. The number of quaternary nitrogens is 1. The van der Waals surface area contributed by atoms with Gasteiger partial charge in [0.05, 0.1) is 5.56 Å². The summed E-state index contributed by atoms with van der Waals surface area (Å²) in [5.41, 5.74) is 1.54. The van der Waals surface area contributed by atoms with E-state index in [0.29, 0.717) is 10.6 Å². The number of carbonyl (C=O) groups excluding carboxylic acids is 1. The molecule has 0 aromatic heterocycles. The first-order valence-corrected chi connectivity index (χ1v) is 3.96. The molecule has 1 aromatic carbocycles. The summed E-state index contributed by atoms with van der Waals surface area (Å²) < 4.78 is 0. The van der Waals surface area contributed by atoms with E-state index in [1.165, 1.54) is 5.32 Å². The monoisotopic (exact) mass is 183 g/mol. The lowest BCUT2D eigenvalue weighted by Gasteiger charge is -2.01. The fraction of sp³-hybridized carbons (Fsp3) is 0.111. The summed E-state index contributed by atoms with van der Waals surface area (Å²) in [7, 11) is 3.41. The van der Waals surface area contributed by atoms with Crippen molar-refractivity contribution in [2.45, 2.75) is 6.92 Å². The van der Waals surface area contributed by atoms with Crippen LogP contribution in [0.4, 0.5) is 0 Å². The molecule has 3 heteroatoms. The highest BCUT2D eigenvalue weighted by atomic mass is 35.5. The van der Waals surface area contributed by atoms with Crippen molar-refractivity contribution in [2.75, 3.05) is 0 Å². The predicted octanol–water partition coefficient (Wildman–Crippen LogP) is 1.14. The molecule has 1 rings (SSSR count). The number of hydrogen-bond acceptors (Lipinski definition) is 1. The minimum atomic E-state index is -0.0743. The predicted molar refractivity (Wildman–Crippen MR) is 47.8 cm³/mol. The van der Waals surface area contributed by atoms with Gasteiger partial charge in [-0.05, 0) is 30.7 Å². The summed E-state index contributed by atoms with van der Waals surface area (Å²) in [4.78, 5) is 11.1. The van der Waals surface area contributed by atoms with Gasteiger partial charge in [-0.2, -0.15) is 0 Å². The number of amides is 1. The molecule has 0 unspecified atom stereocenters. The van der Waals surface area contributed by atoms with Crippen LogP contribution in [-0.4, -0.2) is 5.91 Å². The van der Waals surface area contributed by atoms with Crippen LogP contribution in [0.2, 0.25) is 5.02 Å². The highest BCUT2D eigenvalue weighted by Gasteiger charge is 2.05. The average molecular weight is 184 g/mol. The van der Waals surface area contributed by atoms with Gasteiger partial charge < -0.3 is 5.32 Å². The molecular weight excluding hydrogens is 174 g/mol. The van der Waals surface area contributed by atoms with Crippen molar-refractivity contribution >= 4 is 17.5 Å². The summed E-state index contributed by atoms with van der Waals surface area (Å²) in [6, 6.07) is 5.17. The van der Waals surface area contributed by atoms with Crippen LogP contribution in [0.25, 0.3) is 0 Å². The lowest BCUT2D eigenvalue weighted by molar-refractivity contribution is -0.489. The van der Waals surface area contributed by atoms with Gasteiger partial charge in [0.2, 0.25) is 0 Å². The molecule has 1 aromatic rings. The van der Waals surface area contributed by atoms with E-state index < -0.39 is 0 Å². The van der Waals surface area contributed by atoms with Gasteiger partial charge in [-0.15, -0.1) is 7.05 Å². The molecule has 0 atom stereocenters. The van der Waals surface area contributed by atoms with Gasteiger partial charge in [0.1, 0.15) is 0 Å². The van der Waals surface area contributed by atoms with Crippen LogP contribution in [0.5, 0.6) is 0 Å². The van der Waals surface area contributed by atoms with Crippen LogP contribution >= 0.6 is 11.6 Å². The van der Waals surface area contributed by atoms with Gasteiger partial charge in [-0.25, -0.2) is 4.79 Å². The minimum Gasteiger partial charge on any atom is -0.411 e. The van der Waals surface area contributed by atoms with E-state index >= 15 is 0 Å². The molecule has 0 aliphatic rings. The molecule has 0 fully saturated rings. The van der Waals surface area contributed by atoms with Crippen molar-refractivity contribution in [3.05, 3.63) is 41.4 Å². The molecule has 2 N–H and O–H groups in total. The Balaban J connectivity index is 3.05. The summed E-state index contributed by atoms with van der Waals surface area (Å²) in [6.45, 7) is 1.86. The van der Waals surface area contributed by atoms with E-state index in [2.05, 4.69) is 7.05 Å². The van der Waals surface area contributed by atoms with Gasteiger partial charge in [-0.3, -0.25) is 0 Å². The van der Waals surface area contributed by atoms with Crippen molar-refractivity contribution in [3.8, 4) is 0 Å². The zero-order valence-corrected chi connectivity index (χ0v) is 7.56. The van der Waals surface area contributed by atoms with E-state index in [4.69, 9.17) is 11.6 Å². The minimum absolute atomic E-state index is 0.0743. The molecule has 0 saturated carbocycles. The highest BCUT2D eigenvalue weighted by molar-refractivity contribution is 6.31. The molecule has 1 amide bonds. The van der Waals surface area contributed by atoms with Crippen LogP contribution in [0.15, 0.2) is 18.2 Å². The third kappa shape index (κ3) is 1.84. The maximum atomic E-state index is 11.1. The Morgan fingerprint density at radius 2 is 2.25 bits per heavy atom. The molecule has 0 spiro atoms. The van der Waals surface area contributed by atoms with Crippen LogP contribution in [0.3, 0.4) is 0 Å². The second-order valence-corrected chi connectivity index (χ2v) is 2.94. The molecule has 2 nitrogen and oxygen atoms in total. The Hall–Kier alpha value is -0.860. The molecule has 0 bridgehead atoms. The Morgan fingerprint density at radius 3 is 2.75 bits per heavy atom. The average Bonchev–Trinajstić information content (AvgIpc) is 2.08. The summed E-state index contributed by atoms with van der Waals surface area (Å²) >= 11 is 5.79. The maximum Gasteiger partial charge on any atom is 0.316 e. The maximum absolute atomic E-state index is 11.1. The van der Waals surface area contributed by atoms with Crippen LogP contribution < -0.4 is 5.32 Å². The lowest BCUT2D eigenvalue weighted by Crippen LogP contribution is -2.81. The van der Waals surface area contributed by atoms with Crippen LogP contribution in [0.1, 0.15) is 15.9 Å². The number of carbonyl (C=O) groups is 1. The van der Waals surface area contributed by atoms with Crippen LogP contribution in [0, 0.1) is 14.0 Å². The number of benzene rings is 1. The first kappa shape index (κ1) is 9.23. The van der Waals surface area contributed by atoms with Gasteiger partial charge in [0.15, 0.2) is 0 Å². The topological polar surface area (TPSA) is 33.7 Å². The summed E-state index contributed by atoms with van der Waals surface area (Å²) in [5, 5.41) is 1.97. The van der Waals surface area contributed by atoms with Crippen LogP contribution in [-0.2, 0) is 0 Å². The van der Waals surface area contributed by atoms with Crippen molar-refractivity contribution in [1.29, 1.82) is 0 Å². The number of primary amides is 1. The van der Waals surface area contributed by atoms with Gasteiger partial charge in [0.25, 0.3) is 0 Å². The molecule has 64 valence electrons. The van der Waals surface area contributed by atoms with Gasteiger partial charge in [0, 0.05) is 5.02 Å².